The summed E-state index contributed by atoms with van der Waals surface area (Å²) in [7, 11) is 0. The van der Waals surface area contributed by atoms with E-state index in [1.54, 1.807) is 0 Å². The fourth-order valence-electron chi connectivity index (χ4n) is 12.2. The van der Waals surface area contributed by atoms with Crippen molar-refractivity contribution in [3.05, 3.63) is 349 Å². The lowest BCUT2D eigenvalue weighted by molar-refractivity contribution is 0.774. The molecule has 10 aromatic carbocycles. The van der Waals surface area contributed by atoms with Gasteiger partial charge in [-0.05, 0) is 193 Å². The van der Waals surface area contributed by atoms with Crippen LogP contribution in [0.3, 0.4) is 0 Å². The van der Waals surface area contributed by atoms with Gasteiger partial charge in [-0.3, -0.25) is 0 Å². The zero-order valence-corrected chi connectivity index (χ0v) is 45.0. The number of rotatable bonds is 15. The second kappa shape index (κ2) is 22.0. The van der Waals surface area contributed by atoms with Crippen molar-refractivity contribution in [2.24, 2.45) is 0 Å². The minimum atomic E-state index is -0.828. The molecule has 0 unspecified atom stereocenters. The fraction of sp³-hybridized carbons (Fsp3) is 0.0667. The molecule has 4 heteroatoms. The Balaban J connectivity index is 1.16. The lowest BCUT2D eigenvalue weighted by Crippen LogP contribution is -2.29. The highest BCUT2D eigenvalue weighted by Gasteiger charge is 2.54. The molecule has 10 aromatic rings. The Kier molecular flexibility index (Phi) is 13.9. The van der Waals surface area contributed by atoms with Gasteiger partial charge in [0.05, 0.1) is 5.41 Å². The van der Waals surface area contributed by atoms with E-state index < -0.39 is 5.41 Å². The standard InChI is InChI=1S/C75H62N4/c1-5-68-57(4)72(52-56(3)77(60-34-18-8-19-35-60)61-36-20-9-21-37-61)75(71(68)51-46-55(2)76(58-30-14-6-15-31-58)59-32-16-7-17-33-59)73-53-66(78(62-38-22-10-23-39-62)63-40-24-11-25-41-63)47-49-69(73)70-50-48-67(54-74(70)75)79(64-42-26-12-27-43-64)65-44-28-13-29-45-65/h5-45,47-54H,2,46H2,1,3-4H3/b56-52+,68-5-,71-51?. The van der Waals surface area contributed by atoms with Gasteiger partial charge in [0, 0.05) is 74.7 Å². The maximum Gasteiger partial charge on any atom is 0.0721 e. The average Bonchev–Trinajstić information content (AvgIpc) is 4.03. The monoisotopic (exact) mass is 1020 g/mol. The van der Waals surface area contributed by atoms with E-state index >= 15 is 0 Å². The molecule has 0 aliphatic heterocycles. The highest BCUT2D eigenvalue weighted by Crippen LogP contribution is 2.65. The molecule has 12 rings (SSSR count). The molecule has 0 amide bonds. The second-order valence-electron chi connectivity index (χ2n) is 20.2. The summed E-state index contributed by atoms with van der Waals surface area (Å²) in [6.07, 6.45) is 7.90. The number of fused-ring (bicyclic) bond motifs is 5. The largest absolute Gasteiger partial charge is 0.315 e. The fourth-order valence-corrected chi connectivity index (χ4v) is 12.2. The number of allylic oxidation sites excluding steroid dienone is 8. The normalized spacial score (nSPS) is 14.3. The third-order valence-electron chi connectivity index (χ3n) is 15.5. The molecule has 0 aromatic heterocycles. The van der Waals surface area contributed by atoms with Gasteiger partial charge in [-0.25, -0.2) is 0 Å². The van der Waals surface area contributed by atoms with Crippen LogP contribution >= 0.6 is 0 Å². The second-order valence-corrected chi connectivity index (χ2v) is 20.2. The summed E-state index contributed by atoms with van der Waals surface area (Å²) in [6.45, 7) is 11.7. The highest BCUT2D eigenvalue weighted by molar-refractivity contribution is 5.95. The lowest BCUT2D eigenvalue weighted by atomic mass is 9.68. The van der Waals surface area contributed by atoms with Gasteiger partial charge in [-0.15, -0.1) is 0 Å². The van der Waals surface area contributed by atoms with Gasteiger partial charge in [-0.2, -0.15) is 0 Å². The zero-order valence-electron chi connectivity index (χ0n) is 45.0. The Morgan fingerprint density at radius 1 is 0.405 bits per heavy atom. The SMILES string of the molecule is C=C(CC=C1/C(=C\C)C(C)=C(/C=C(\C)N(c2ccccc2)c2ccccc2)C12c1cc(N(c3ccccc3)c3ccccc3)ccc1-c1ccc(N(c3ccccc3)c3ccccc3)cc12)N(c1ccccc1)c1ccccc1. The van der Waals surface area contributed by atoms with E-state index in [1.807, 2.05) is 0 Å². The molecule has 0 bridgehead atoms. The predicted octanol–water partition coefficient (Wildman–Crippen LogP) is 20.6. The Morgan fingerprint density at radius 3 is 1.05 bits per heavy atom. The summed E-state index contributed by atoms with van der Waals surface area (Å²) in [5, 5.41) is 0. The van der Waals surface area contributed by atoms with Crippen molar-refractivity contribution in [1.29, 1.82) is 0 Å². The van der Waals surface area contributed by atoms with E-state index in [4.69, 9.17) is 6.58 Å². The Hall–Kier alpha value is -9.90. The van der Waals surface area contributed by atoms with Crippen LogP contribution in [0.15, 0.2) is 338 Å². The molecule has 0 N–H and O–H groups in total. The van der Waals surface area contributed by atoms with Crippen LogP contribution in [0, 0.1) is 0 Å². The van der Waals surface area contributed by atoms with Crippen LogP contribution in [-0.2, 0) is 5.41 Å². The summed E-state index contributed by atoms with van der Waals surface area (Å²) in [5.41, 5.74) is 21.8. The summed E-state index contributed by atoms with van der Waals surface area (Å²) < 4.78 is 0. The first kappa shape index (κ1) is 49.9. The summed E-state index contributed by atoms with van der Waals surface area (Å²) >= 11 is 0. The number of nitrogens with zero attached hydrogens (tertiary/aromatic N) is 4. The van der Waals surface area contributed by atoms with Crippen molar-refractivity contribution in [3.8, 4) is 11.1 Å². The maximum absolute atomic E-state index is 4.93. The topological polar surface area (TPSA) is 13.0 Å². The van der Waals surface area contributed by atoms with Crippen LogP contribution in [0.2, 0.25) is 0 Å². The van der Waals surface area contributed by atoms with Crippen LogP contribution in [0.5, 0.6) is 0 Å². The third kappa shape index (κ3) is 9.28. The Labute approximate surface area is 466 Å². The maximum atomic E-state index is 4.93. The van der Waals surface area contributed by atoms with E-state index in [9.17, 15) is 0 Å². The molecule has 0 atom stereocenters. The molecule has 0 radical (unpaired) electrons. The molecule has 0 saturated carbocycles. The minimum Gasteiger partial charge on any atom is -0.315 e. The molecule has 2 aliphatic rings. The predicted molar refractivity (Wildman–Crippen MR) is 334 cm³/mol. The molecular formula is C75H62N4. The van der Waals surface area contributed by atoms with Crippen molar-refractivity contribution in [2.45, 2.75) is 32.6 Å². The van der Waals surface area contributed by atoms with Gasteiger partial charge in [0.15, 0.2) is 0 Å². The van der Waals surface area contributed by atoms with Gasteiger partial charge in [0.25, 0.3) is 0 Å². The Morgan fingerprint density at radius 2 is 0.722 bits per heavy atom. The molecule has 0 fully saturated rings. The molecule has 1 spiro atoms. The van der Waals surface area contributed by atoms with Gasteiger partial charge >= 0.3 is 0 Å². The number of hydrogen-bond acceptors (Lipinski definition) is 4. The smallest absolute Gasteiger partial charge is 0.0721 e. The van der Waals surface area contributed by atoms with Crippen LogP contribution in [-0.4, -0.2) is 0 Å². The quantitative estimate of drug-likeness (QED) is 0.101. The van der Waals surface area contributed by atoms with Crippen molar-refractivity contribution in [2.75, 3.05) is 19.6 Å². The third-order valence-corrected chi connectivity index (χ3v) is 15.5. The van der Waals surface area contributed by atoms with Gasteiger partial charge in [0.1, 0.15) is 0 Å². The van der Waals surface area contributed by atoms with Crippen molar-refractivity contribution < 1.29 is 0 Å². The van der Waals surface area contributed by atoms with Gasteiger partial charge < -0.3 is 19.6 Å². The molecule has 4 nitrogen and oxygen atoms in total. The first-order chi connectivity index (χ1) is 38.9. The number of anilines is 10. The Bertz CT molecular complexity index is 3600. The lowest BCUT2D eigenvalue weighted by Gasteiger charge is -2.36. The van der Waals surface area contributed by atoms with Crippen molar-refractivity contribution in [3.63, 3.8) is 0 Å². The average molecular weight is 1020 g/mol. The molecule has 2 aliphatic carbocycles. The van der Waals surface area contributed by atoms with E-state index in [1.165, 1.54) is 44.5 Å². The summed E-state index contributed by atoms with van der Waals surface area (Å²) in [6, 6.07) is 100. The first-order valence-corrected chi connectivity index (χ1v) is 27.3. The van der Waals surface area contributed by atoms with E-state index in [0.29, 0.717) is 6.42 Å². The van der Waals surface area contributed by atoms with Crippen molar-refractivity contribution >= 4 is 56.9 Å². The van der Waals surface area contributed by atoms with E-state index in [0.717, 1.165) is 68.3 Å². The highest BCUT2D eigenvalue weighted by atomic mass is 15.2. The molecule has 0 heterocycles. The summed E-state index contributed by atoms with van der Waals surface area (Å²) in [5.74, 6) is 0. The van der Waals surface area contributed by atoms with Gasteiger partial charge in [-0.1, -0.05) is 176 Å². The van der Waals surface area contributed by atoms with Gasteiger partial charge in [0.2, 0.25) is 0 Å². The van der Waals surface area contributed by atoms with Crippen LogP contribution in [0.1, 0.15) is 38.3 Å². The number of hydrogen-bond donors (Lipinski definition) is 0. The number of para-hydroxylation sites is 8. The van der Waals surface area contributed by atoms with Crippen molar-refractivity contribution in [1.82, 2.24) is 0 Å². The van der Waals surface area contributed by atoms with E-state index in [2.05, 4.69) is 338 Å². The number of benzene rings is 10. The van der Waals surface area contributed by atoms with Crippen LogP contribution in [0.25, 0.3) is 11.1 Å². The summed E-state index contributed by atoms with van der Waals surface area (Å²) in [4.78, 5) is 9.49. The molecular weight excluding hydrogens is 957 g/mol. The van der Waals surface area contributed by atoms with Crippen LogP contribution in [0.4, 0.5) is 56.9 Å². The minimum absolute atomic E-state index is 0.575. The molecule has 79 heavy (non-hydrogen) atoms. The molecule has 382 valence electrons. The van der Waals surface area contributed by atoms with Crippen LogP contribution < -0.4 is 19.6 Å². The van der Waals surface area contributed by atoms with E-state index in [-0.39, 0.29) is 0 Å². The molecule has 0 saturated heterocycles. The zero-order chi connectivity index (χ0) is 53.7. The first-order valence-electron chi connectivity index (χ1n) is 27.3.